The minimum atomic E-state index is 0.745. The molecule has 0 spiro atoms. The van der Waals surface area contributed by atoms with Crippen LogP contribution in [0.1, 0.15) is 26.2 Å². The van der Waals surface area contributed by atoms with Crippen molar-refractivity contribution >= 4 is 9.24 Å². The van der Waals surface area contributed by atoms with Gasteiger partial charge in [-0.05, 0) is 29.8 Å². The predicted octanol–water partition coefficient (Wildman–Crippen LogP) is 1.80. The van der Waals surface area contributed by atoms with Crippen LogP contribution in [0.4, 0.5) is 0 Å². The van der Waals surface area contributed by atoms with Gasteiger partial charge in [0.2, 0.25) is 0 Å². The van der Waals surface area contributed by atoms with Gasteiger partial charge < -0.3 is 0 Å². The van der Waals surface area contributed by atoms with Crippen LogP contribution in [0.25, 0.3) is 0 Å². The van der Waals surface area contributed by atoms with E-state index in [2.05, 4.69) is 16.2 Å². The molecule has 1 atom stereocenters. The van der Waals surface area contributed by atoms with Crippen LogP contribution in [0, 0.1) is 5.41 Å². The third-order valence-electron chi connectivity index (χ3n) is 2.34. The van der Waals surface area contributed by atoms with Gasteiger partial charge in [0.25, 0.3) is 0 Å². The van der Waals surface area contributed by atoms with Crippen LogP contribution < -0.4 is 0 Å². The molecule has 0 saturated heterocycles. The quantitative estimate of drug-likeness (QED) is 0.421. The van der Waals surface area contributed by atoms with E-state index < -0.39 is 0 Å². The highest BCUT2D eigenvalue weighted by atomic mass is 31.0. The molecule has 7 heavy (non-hydrogen) atoms. The SMILES string of the molecule is CC12CC(P)(C1)C2. The topological polar surface area (TPSA) is 0 Å². The van der Waals surface area contributed by atoms with E-state index in [4.69, 9.17) is 0 Å². The average Bonchev–Trinajstić information content (AvgIpc) is 1.27. The first kappa shape index (κ1) is 4.32. The van der Waals surface area contributed by atoms with Crippen molar-refractivity contribution in [1.82, 2.24) is 0 Å². The van der Waals surface area contributed by atoms with Gasteiger partial charge in [-0.1, -0.05) is 6.92 Å². The number of hydrogen-bond acceptors (Lipinski definition) is 0. The number of hydrogen-bond donors (Lipinski definition) is 0. The Morgan fingerprint density at radius 3 is 1.71 bits per heavy atom. The fourth-order valence-corrected chi connectivity index (χ4v) is 3.87. The van der Waals surface area contributed by atoms with Crippen LogP contribution in [-0.2, 0) is 0 Å². The summed E-state index contributed by atoms with van der Waals surface area (Å²) in [5, 5.41) is 0.745. The van der Waals surface area contributed by atoms with Gasteiger partial charge in [0.1, 0.15) is 0 Å². The Morgan fingerprint density at radius 2 is 1.71 bits per heavy atom. The molecule has 0 aliphatic heterocycles. The zero-order valence-electron chi connectivity index (χ0n) is 4.70. The predicted molar refractivity (Wildman–Crippen MR) is 34.4 cm³/mol. The molecule has 1 unspecified atom stereocenters. The zero-order chi connectivity index (χ0) is 5.12. The summed E-state index contributed by atoms with van der Waals surface area (Å²) >= 11 is 0. The molecule has 3 aliphatic rings. The smallest absolute Gasteiger partial charge is 0.0135 e. The lowest BCUT2D eigenvalue weighted by atomic mass is 9.45. The minimum Gasteiger partial charge on any atom is -0.131 e. The third-order valence-corrected chi connectivity index (χ3v) is 2.95. The molecule has 0 amide bonds. The summed E-state index contributed by atoms with van der Waals surface area (Å²) in [4.78, 5) is 0. The molecular weight excluding hydrogens is 103 g/mol. The highest BCUT2D eigenvalue weighted by Gasteiger charge is 2.61. The van der Waals surface area contributed by atoms with E-state index in [-0.39, 0.29) is 0 Å². The maximum atomic E-state index is 2.96. The van der Waals surface area contributed by atoms with Gasteiger partial charge in [-0.3, -0.25) is 0 Å². The highest BCUT2D eigenvalue weighted by molar-refractivity contribution is 7.19. The lowest BCUT2D eigenvalue weighted by molar-refractivity contribution is -0.0567. The molecular formula is C6H11P. The van der Waals surface area contributed by atoms with Gasteiger partial charge in [0, 0.05) is 0 Å². The molecule has 2 bridgehead atoms. The molecule has 3 saturated carbocycles. The summed E-state index contributed by atoms with van der Waals surface area (Å²) < 4.78 is 0. The van der Waals surface area contributed by atoms with Crippen molar-refractivity contribution in [1.29, 1.82) is 0 Å². The van der Waals surface area contributed by atoms with E-state index in [9.17, 15) is 0 Å². The van der Waals surface area contributed by atoms with Crippen molar-refractivity contribution in [2.75, 3.05) is 0 Å². The molecule has 40 valence electrons. The van der Waals surface area contributed by atoms with E-state index in [1.54, 1.807) is 0 Å². The Labute approximate surface area is 46.9 Å². The van der Waals surface area contributed by atoms with E-state index in [1.165, 1.54) is 19.3 Å². The molecule has 0 aromatic heterocycles. The van der Waals surface area contributed by atoms with Crippen LogP contribution in [0.3, 0.4) is 0 Å². The molecule has 0 nitrogen and oxygen atoms in total. The summed E-state index contributed by atoms with van der Waals surface area (Å²) in [6.07, 6.45) is 4.43. The molecule has 0 N–H and O–H groups in total. The van der Waals surface area contributed by atoms with Crippen molar-refractivity contribution in [2.24, 2.45) is 5.41 Å². The van der Waals surface area contributed by atoms with Crippen LogP contribution in [0.2, 0.25) is 0 Å². The van der Waals surface area contributed by atoms with Crippen molar-refractivity contribution in [3.8, 4) is 0 Å². The second-order valence-corrected chi connectivity index (χ2v) is 4.93. The van der Waals surface area contributed by atoms with Gasteiger partial charge in [0.05, 0.1) is 0 Å². The summed E-state index contributed by atoms with van der Waals surface area (Å²) in [6, 6.07) is 0. The van der Waals surface area contributed by atoms with Gasteiger partial charge >= 0.3 is 0 Å². The summed E-state index contributed by atoms with van der Waals surface area (Å²) in [5.74, 6) is 0. The van der Waals surface area contributed by atoms with E-state index in [0.717, 1.165) is 10.6 Å². The third kappa shape index (κ3) is 0.372. The Kier molecular flexibility index (Phi) is 0.492. The van der Waals surface area contributed by atoms with Crippen molar-refractivity contribution < 1.29 is 0 Å². The molecule has 0 aromatic carbocycles. The highest BCUT2D eigenvalue weighted by Crippen LogP contribution is 2.71. The zero-order valence-corrected chi connectivity index (χ0v) is 5.85. The molecule has 0 aromatic rings. The van der Waals surface area contributed by atoms with Crippen molar-refractivity contribution in [3.63, 3.8) is 0 Å². The average molecular weight is 114 g/mol. The summed E-state index contributed by atoms with van der Waals surface area (Å²) in [5.41, 5.74) is 0.807. The van der Waals surface area contributed by atoms with E-state index in [0.29, 0.717) is 0 Å². The first-order valence-electron chi connectivity index (χ1n) is 2.91. The Balaban J connectivity index is 2.16. The second-order valence-electron chi connectivity index (χ2n) is 3.70. The van der Waals surface area contributed by atoms with Gasteiger partial charge in [-0.15, -0.1) is 9.24 Å². The first-order valence-corrected chi connectivity index (χ1v) is 3.49. The van der Waals surface area contributed by atoms with E-state index in [1.807, 2.05) is 0 Å². The van der Waals surface area contributed by atoms with Crippen molar-refractivity contribution in [3.05, 3.63) is 0 Å². The van der Waals surface area contributed by atoms with Gasteiger partial charge in [0.15, 0.2) is 0 Å². The molecule has 1 heteroatoms. The summed E-state index contributed by atoms with van der Waals surface area (Å²) in [6.45, 7) is 2.39. The Bertz CT molecular complexity index is 85.6. The summed E-state index contributed by atoms with van der Waals surface area (Å²) in [7, 11) is 2.96. The standard InChI is InChI=1S/C6H11P/c1-5-2-6(7,3-5)4-5/h2-4,7H2,1H3. The maximum Gasteiger partial charge on any atom is -0.0135 e. The molecule has 3 fully saturated rings. The maximum absolute atomic E-state index is 2.96. The second kappa shape index (κ2) is 0.796. The Morgan fingerprint density at radius 1 is 1.29 bits per heavy atom. The molecule has 3 rings (SSSR count). The fourth-order valence-electron chi connectivity index (χ4n) is 2.39. The van der Waals surface area contributed by atoms with Crippen molar-refractivity contribution in [2.45, 2.75) is 31.3 Å². The van der Waals surface area contributed by atoms with Crippen LogP contribution in [-0.4, -0.2) is 5.16 Å². The van der Waals surface area contributed by atoms with Crippen LogP contribution in [0.5, 0.6) is 0 Å². The lowest BCUT2D eigenvalue weighted by Gasteiger charge is -2.68. The minimum absolute atomic E-state index is 0.745. The van der Waals surface area contributed by atoms with Gasteiger partial charge in [-0.25, -0.2) is 0 Å². The monoisotopic (exact) mass is 114 g/mol. The fraction of sp³-hybridized carbons (Fsp3) is 1.00. The largest absolute Gasteiger partial charge is 0.131 e. The molecule has 0 radical (unpaired) electrons. The van der Waals surface area contributed by atoms with Crippen LogP contribution >= 0.6 is 9.24 Å². The molecule has 0 heterocycles. The van der Waals surface area contributed by atoms with Gasteiger partial charge in [-0.2, -0.15) is 0 Å². The normalized spacial score (nSPS) is 66.0. The Hall–Kier alpha value is 0.430. The first-order chi connectivity index (χ1) is 3.12. The van der Waals surface area contributed by atoms with E-state index >= 15 is 0 Å². The van der Waals surface area contributed by atoms with Crippen LogP contribution in [0.15, 0.2) is 0 Å². The molecule has 3 aliphatic carbocycles. The number of rotatable bonds is 0. The lowest BCUT2D eigenvalue weighted by Crippen LogP contribution is -2.61.